The van der Waals surface area contributed by atoms with Crippen molar-refractivity contribution < 1.29 is 0 Å². The monoisotopic (exact) mass is 608 g/mol. The Labute approximate surface area is 281 Å². The van der Waals surface area contributed by atoms with Gasteiger partial charge in [-0.3, -0.25) is 0 Å². The van der Waals surface area contributed by atoms with Crippen LogP contribution in [0.1, 0.15) is 0 Å². The van der Waals surface area contributed by atoms with E-state index in [9.17, 15) is 0 Å². The van der Waals surface area contributed by atoms with E-state index in [1.807, 2.05) is 0 Å². The molecule has 0 radical (unpaired) electrons. The predicted octanol–water partition coefficient (Wildman–Crippen LogP) is 13.5. The van der Waals surface area contributed by atoms with Crippen molar-refractivity contribution in [2.24, 2.45) is 0 Å². The molecule has 0 nitrogen and oxygen atoms in total. The summed E-state index contributed by atoms with van der Waals surface area (Å²) in [6.45, 7) is 0. The maximum absolute atomic E-state index is 2.37. The Kier molecular flexibility index (Phi) is 6.91. The van der Waals surface area contributed by atoms with Crippen LogP contribution in [0.4, 0.5) is 0 Å². The quantitative estimate of drug-likeness (QED) is 0.171. The molecular formula is C48H32. The SMILES string of the molecule is c1ccc(-c2ccc(-c3ccccc3)c(-c3ccc4cc(-c5c6ccccc6c(-c6ccccc6)c6ccccc56)ccc4c3)c2)cc1. The molecule has 0 unspecified atom stereocenters. The van der Waals surface area contributed by atoms with Gasteiger partial charge in [-0.1, -0.05) is 176 Å². The Balaban J connectivity index is 1.22. The summed E-state index contributed by atoms with van der Waals surface area (Å²) in [4.78, 5) is 0. The lowest BCUT2D eigenvalue weighted by Gasteiger charge is -2.18. The first-order valence-corrected chi connectivity index (χ1v) is 16.6. The Bertz CT molecular complexity index is 2520. The van der Waals surface area contributed by atoms with Gasteiger partial charge in [-0.05, 0) is 106 Å². The molecule has 0 spiro atoms. The van der Waals surface area contributed by atoms with E-state index in [-0.39, 0.29) is 0 Å². The summed E-state index contributed by atoms with van der Waals surface area (Å²) >= 11 is 0. The lowest BCUT2D eigenvalue weighted by atomic mass is 9.85. The van der Waals surface area contributed by atoms with Gasteiger partial charge in [0.15, 0.2) is 0 Å². The Morgan fingerprint density at radius 3 is 1.19 bits per heavy atom. The van der Waals surface area contributed by atoms with Gasteiger partial charge >= 0.3 is 0 Å². The number of benzene rings is 9. The van der Waals surface area contributed by atoms with Crippen molar-refractivity contribution in [2.75, 3.05) is 0 Å². The normalized spacial score (nSPS) is 11.3. The minimum Gasteiger partial charge on any atom is -0.0622 e. The lowest BCUT2D eigenvalue weighted by molar-refractivity contribution is 1.57. The summed E-state index contributed by atoms with van der Waals surface area (Å²) in [6.07, 6.45) is 0. The maximum Gasteiger partial charge on any atom is -0.00262 e. The summed E-state index contributed by atoms with van der Waals surface area (Å²) < 4.78 is 0. The summed E-state index contributed by atoms with van der Waals surface area (Å²) in [5, 5.41) is 7.57. The Morgan fingerprint density at radius 2 is 0.625 bits per heavy atom. The first-order chi connectivity index (χ1) is 23.8. The largest absolute Gasteiger partial charge is 0.0622 e. The number of fused-ring (bicyclic) bond motifs is 3. The van der Waals surface area contributed by atoms with Crippen molar-refractivity contribution in [1.82, 2.24) is 0 Å². The highest BCUT2D eigenvalue weighted by atomic mass is 14.2. The molecule has 0 atom stereocenters. The third-order valence-electron chi connectivity index (χ3n) is 9.65. The second-order valence-corrected chi connectivity index (χ2v) is 12.5. The molecule has 0 N–H and O–H groups in total. The molecule has 48 heavy (non-hydrogen) atoms. The van der Waals surface area contributed by atoms with Gasteiger partial charge in [0.25, 0.3) is 0 Å². The topological polar surface area (TPSA) is 0 Å². The van der Waals surface area contributed by atoms with Crippen LogP contribution >= 0.6 is 0 Å². The van der Waals surface area contributed by atoms with Crippen molar-refractivity contribution in [1.29, 1.82) is 0 Å². The highest BCUT2D eigenvalue weighted by Gasteiger charge is 2.17. The molecule has 224 valence electrons. The van der Waals surface area contributed by atoms with Crippen LogP contribution in [-0.2, 0) is 0 Å². The molecular weight excluding hydrogens is 577 g/mol. The van der Waals surface area contributed by atoms with Gasteiger partial charge in [-0.25, -0.2) is 0 Å². The van der Waals surface area contributed by atoms with Crippen LogP contribution in [0.15, 0.2) is 194 Å². The fourth-order valence-corrected chi connectivity index (χ4v) is 7.39. The predicted molar refractivity (Wildman–Crippen MR) is 206 cm³/mol. The molecule has 0 aromatic heterocycles. The summed E-state index contributed by atoms with van der Waals surface area (Å²) in [5.74, 6) is 0. The Hall–Kier alpha value is -6.24. The first kappa shape index (κ1) is 28.0. The second-order valence-electron chi connectivity index (χ2n) is 12.5. The average Bonchev–Trinajstić information content (AvgIpc) is 3.17. The van der Waals surface area contributed by atoms with Gasteiger partial charge in [-0.2, -0.15) is 0 Å². The highest BCUT2D eigenvalue weighted by Crippen LogP contribution is 2.44. The molecule has 0 saturated carbocycles. The zero-order valence-electron chi connectivity index (χ0n) is 26.5. The van der Waals surface area contributed by atoms with Crippen molar-refractivity contribution in [3.05, 3.63) is 194 Å². The van der Waals surface area contributed by atoms with E-state index in [4.69, 9.17) is 0 Å². The zero-order valence-corrected chi connectivity index (χ0v) is 26.5. The van der Waals surface area contributed by atoms with E-state index in [0.29, 0.717) is 0 Å². The summed E-state index contributed by atoms with van der Waals surface area (Å²) in [6, 6.07) is 70.7. The van der Waals surface area contributed by atoms with Crippen LogP contribution in [0.5, 0.6) is 0 Å². The van der Waals surface area contributed by atoms with E-state index in [2.05, 4.69) is 194 Å². The fraction of sp³-hybridized carbons (Fsp3) is 0. The van der Waals surface area contributed by atoms with Gasteiger partial charge in [0.1, 0.15) is 0 Å². The maximum atomic E-state index is 2.37. The van der Waals surface area contributed by atoms with Crippen molar-refractivity contribution in [3.63, 3.8) is 0 Å². The molecule has 0 amide bonds. The van der Waals surface area contributed by atoms with E-state index >= 15 is 0 Å². The van der Waals surface area contributed by atoms with Gasteiger partial charge < -0.3 is 0 Å². The van der Waals surface area contributed by atoms with Crippen molar-refractivity contribution >= 4 is 32.3 Å². The van der Waals surface area contributed by atoms with Crippen molar-refractivity contribution in [2.45, 2.75) is 0 Å². The van der Waals surface area contributed by atoms with Crippen LogP contribution in [0, 0.1) is 0 Å². The average molecular weight is 609 g/mol. The molecule has 9 aromatic rings. The fourth-order valence-electron chi connectivity index (χ4n) is 7.39. The number of hydrogen-bond donors (Lipinski definition) is 0. The summed E-state index contributed by atoms with van der Waals surface area (Å²) in [7, 11) is 0. The third kappa shape index (κ3) is 4.87. The standard InChI is InChI=1S/C48H32/c1-4-14-33(15-5-1)38-28-29-41(34-16-6-2-7-17-34)46(32-38)39-26-24-37-31-40(27-25-36(37)30-39)48-44-22-12-10-20-42(44)47(35-18-8-3-9-19-35)43-21-11-13-23-45(43)48/h1-32H. The lowest BCUT2D eigenvalue weighted by Crippen LogP contribution is -1.91. The van der Waals surface area contributed by atoms with E-state index in [1.165, 1.54) is 88.0 Å². The van der Waals surface area contributed by atoms with Crippen LogP contribution in [0.2, 0.25) is 0 Å². The first-order valence-electron chi connectivity index (χ1n) is 16.6. The molecule has 0 heteroatoms. The highest BCUT2D eigenvalue weighted by molar-refractivity contribution is 6.21. The zero-order chi connectivity index (χ0) is 31.9. The van der Waals surface area contributed by atoms with Gasteiger partial charge in [0.05, 0.1) is 0 Å². The second kappa shape index (κ2) is 11.8. The van der Waals surface area contributed by atoms with Gasteiger partial charge in [0.2, 0.25) is 0 Å². The van der Waals surface area contributed by atoms with Crippen LogP contribution in [0.3, 0.4) is 0 Å². The number of rotatable bonds is 5. The van der Waals surface area contributed by atoms with E-state index in [1.54, 1.807) is 0 Å². The molecule has 9 rings (SSSR count). The van der Waals surface area contributed by atoms with E-state index < -0.39 is 0 Å². The molecule has 0 aliphatic carbocycles. The Morgan fingerprint density at radius 1 is 0.208 bits per heavy atom. The third-order valence-corrected chi connectivity index (χ3v) is 9.65. The van der Waals surface area contributed by atoms with Gasteiger partial charge in [-0.15, -0.1) is 0 Å². The van der Waals surface area contributed by atoms with E-state index in [0.717, 1.165) is 0 Å². The number of hydrogen-bond acceptors (Lipinski definition) is 0. The van der Waals surface area contributed by atoms with Gasteiger partial charge in [0, 0.05) is 0 Å². The van der Waals surface area contributed by atoms with Crippen LogP contribution in [0.25, 0.3) is 88.0 Å². The van der Waals surface area contributed by atoms with Crippen LogP contribution < -0.4 is 0 Å². The minimum absolute atomic E-state index is 1.22. The summed E-state index contributed by atoms with van der Waals surface area (Å²) in [5.41, 5.74) is 12.4. The molecule has 0 aliphatic heterocycles. The minimum atomic E-state index is 1.22. The molecule has 0 aliphatic rings. The molecule has 0 heterocycles. The smallest absolute Gasteiger partial charge is 0.00262 e. The molecule has 0 bridgehead atoms. The molecule has 9 aromatic carbocycles. The van der Waals surface area contributed by atoms with Crippen LogP contribution in [-0.4, -0.2) is 0 Å². The molecule has 0 fully saturated rings. The van der Waals surface area contributed by atoms with Crippen molar-refractivity contribution in [3.8, 4) is 55.6 Å². The molecule has 0 saturated heterocycles.